The summed E-state index contributed by atoms with van der Waals surface area (Å²) >= 11 is 0. The van der Waals surface area contributed by atoms with Gasteiger partial charge in [-0.15, -0.1) is 0 Å². The predicted molar refractivity (Wildman–Crippen MR) is 78.0 cm³/mol. The van der Waals surface area contributed by atoms with Gasteiger partial charge in [-0.05, 0) is 30.7 Å². The van der Waals surface area contributed by atoms with Crippen molar-refractivity contribution in [1.82, 2.24) is 15.0 Å². The second-order valence-electron chi connectivity index (χ2n) is 5.12. The number of likely N-dealkylation sites (N-methyl/N-ethyl adjacent to an activating group) is 1. The van der Waals surface area contributed by atoms with Crippen molar-refractivity contribution in [2.45, 2.75) is 19.8 Å². The van der Waals surface area contributed by atoms with Crippen molar-refractivity contribution in [3.63, 3.8) is 0 Å². The third-order valence-corrected chi connectivity index (χ3v) is 3.24. The molecule has 23 heavy (non-hydrogen) atoms. The van der Waals surface area contributed by atoms with E-state index >= 15 is 0 Å². The highest BCUT2D eigenvalue weighted by molar-refractivity contribution is 5.81. The SMILES string of the molecule is Cc1cc(-c2noc(CCC(=O)N(C)CC(=O)O)n2)ccc1F. The molecule has 7 nitrogen and oxygen atoms in total. The minimum Gasteiger partial charge on any atom is -0.480 e. The van der Waals surface area contributed by atoms with Crippen LogP contribution in [0.3, 0.4) is 0 Å². The molecule has 2 rings (SSSR count). The molecule has 0 radical (unpaired) electrons. The minimum atomic E-state index is -1.08. The number of halogens is 1. The summed E-state index contributed by atoms with van der Waals surface area (Å²) in [6, 6.07) is 4.48. The first-order valence-electron chi connectivity index (χ1n) is 6.91. The van der Waals surface area contributed by atoms with Crippen LogP contribution in [0.4, 0.5) is 4.39 Å². The molecule has 1 aromatic heterocycles. The number of benzene rings is 1. The molecule has 0 saturated carbocycles. The first-order chi connectivity index (χ1) is 10.9. The number of carboxylic acid groups (broad SMARTS) is 1. The van der Waals surface area contributed by atoms with E-state index in [9.17, 15) is 14.0 Å². The second kappa shape index (κ2) is 6.99. The number of amides is 1. The van der Waals surface area contributed by atoms with Crippen LogP contribution in [0.2, 0.25) is 0 Å². The summed E-state index contributed by atoms with van der Waals surface area (Å²) in [6.07, 6.45) is 0.268. The Kier molecular flexibility index (Phi) is 5.05. The maximum Gasteiger partial charge on any atom is 0.323 e. The number of hydrogen-bond donors (Lipinski definition) is 1. The molecule has 1 amide bonds. The first-order valence-corrected chi connectivity index (χ1v) is 6.91. The van der Waals surface area contributed by atoms with E-state index in [4.69, 9.17) is 9.63 Å². The molecule has 1 heterocycles. The Labute approximate surface area is 131 Å². The molecule has 2 aromatic rings. The van der Waals surface area contributed by atoms with Crippen LogP contribution >= 0.6 is 0 Å². The van der Waals surface area contributed by atoms with E-state index in [1.807, 2.05) is 0 Å². The quantitative estimate of drug-likeness (QED) is 0.869. The number of nitrogens with zero attached hydrogens (tertiary/aromatic N) is 3. The van der Waals surface area contributed by atoms with Crippen molar-refractivity contribution >= 4 is 11.9 Å². The zero-order valence-corrected chi connectivity index (χ0v) is 12.7. The molecule has 1 N–H and O–H groups in total. The van der Waals surface area contributed by atoms with E-state index < -0.39 is 5.97 Å². The standard InChI is InChI=1S/C15H16FN3O4/c1-9-7-10(3-4-11(9)16)15-17-12(23-18-15)5-6-13(20)19(2)8-14(21)22/h3-4,7H,5-6,8H2,1-2H3,(H,21,22). The molecule has 0 aliphatic heterocycles. The Morgan fingerprint density at radius 3 is 2.78 bits per heavy atom. The highest BCUT2D eigenvalue weighted by atomic mass is 19.1. The molecular formula is C15H16FN3O4. The second-order valence-corrected chi connectivity index (χ2v) is 5.12. The van der Waals surface area contributed by atoms with Gasteiger partial charge in [-0.3, -0.25) is 9.59 Å². The number of aryl methyl sites for hydroxylation is 2. The molecule has 0 atom stereocenters. The van der Waals surface area contributed by atoms with Gasteiger partial charge in [0.2, 0.25) is 17.6 Å². The van der Waals surface area contributed by atoms with Gasteiger partial charge in [-0.25, -0.2) is 4.39 Å². The minimum absolute atomic E-state index is 0.0634. The molecule has 0 unspecified atom stereocenters. The monoisotopic (exact) mass is 321 g/mol. The molecule has 1 aromatic carbocycles. The lowest BCUT2D eigenvalue weighted by atomic mass is 10.1. The molecule has 8 heteroatoms. The van der Waals surface area contributed by atoms with Gasteiger partial charge >= 0.3 is 5.97 Å². The maximum atomic E-state index is 13.2. The molecule has 0 spiro atoms. The number of hydrogen-bond acceptors (Lipinski definition) is 5. The van der Waals surface area contributed by atoms with Crippen molar-refractivity contribution in [2.75, 3.05) is 13.6 Å². The Bertz CT molecular complexity index is 729. The summed E-state index contributed by atoms with van der Waals surface area (Å²) in [5.74, 6) is -1.14. The van der Waals surface area contributed by atoms with Crippen LogP contribution in [-0.2, 0) is 16.0 Å². The lowest BCUT2D eigenvalue weighted by molar-refractivity contribution is -0.143. The van der Waals surface area contributed by atoms with Gasteiger partial charge in [-0.1, -0.05) is 5.16 Å². The molecule has 0 bridgehead atoms. The summed E-state index contributed by atoms with van der Waals surface area (Å²) in [7, 11) is 1.41. The van der Waals surface area contributed by atoms with Gasteiger partial charge < -0.3 is 14.5 Å². The molecule has 122 valence electrons. The van der Waals surface area contributed by atoms with E-state index in [-0.39, 0.29) is 37.0 Å². The number of carbonyl (C=O) groups excluding carboxylic acids is 1. The zero-order valence-electron chi connectivity index (χ0n) is 12.7. The van der Waals surface area contributed by atoms with Crippen LogP contribution in [0.15, 0.2) is 22.7 Å². The van der Waals surface area contributed by atoms with E-state index in [1.54, 1.807) is 19.1 Å². The van der Waals surface area contributed by atoms with Crippen molar-refractivity contribution in [3.05, 3.63) is 35.5 Å². The normalized spacial score (nSPS) is 10.6. The van der Waals surface area contributed by atoms with E-state index in [0.717, 1.165) is 4.90 Å². The van der Waals surface area contributed by atoms with Crippen molar-refractivity contribution in [3.8, 4) is 11.4 Å². The Morgan fingerprint density at radius 1 is 1.39 bits per heavy atom. The molecule has 0 aliphatic rings. The number of aromatic nitrogens is 2. The number of carboxylic acids is 1. The van der Waals surface area contributed by atoms with E-state index in [2.05, 4.69) is 10.1 Å². The smallest absolute Gasteiger partial charge is 0.323 e. The van der Waals surface area contributed by atoms with Gasteiger partial charge in [0.1, 0.15) is 12.4 Å². The fourth-order valence-electron chi connectivity index (χ4n) is 1.95. The van der Waals surface area contributed by atoms with Crippen LogP contribution in [0, 0.1) is 12.7 Å². The van der Waals surface area contributed by atoms with Crippen LogP contribution in [0.5, 0.6) is 0 Å². The highest BCUT2D eigenvalue weighted by Gasteiger charge is 2.15. The van der Waals surface area contributed by atoms with Crippen LogP contribution in [0.25, 0.3) is 11.4 Å². The zero-order chi connectivity index (χ0) is 17.0. The fraction of sp³-hybridized carbons (Fsp3) is 0.333. The van der Waals surface area contributed by atoms with Gasteiger partial charge in [-0.2, -0.15) is 4.98 Å². The largest absolute Gasteiger partial charge is 0.480 e. The Balaban J connectivity index is 1.98. The van der Waals surface area contributed by atoms with Gasteiger partial charge in [0.25, 0.3) is 0 Å². The maximum absolute atomic E-state index is 13.2. The number of aliphatic carboxylic acids is 1. The summed E-state index contributed by atoms with van der Waals surface area (Å²) < 4.78 is 18.3. The highest BCUT2D eigenvalue weighted by Crippen LogP contribution is 2.19. The van der Waals surface area contributed by atoms with Crippen LogP contribution in [-0.4, -0.2) is 45.6 Å². The average Bonchev–Trinajstić information content (AvgIpc) is 2.95. The van der Waals surface area contributed by atoms with E-state index in [1.165, 1.54) is 13.1 Å². The average molecular weight is 321 g/mol. The third kappa shape index (κ3) is 4.35. The molecule has 0 aliphatic carbocycles. The topological polar surface area (TPSA) is 96.5 Å². The third-order valence-electron chi connectivity index (χ3n) is 3.24. The summed E-state index contributed by atoms with van der Waals surface area (Å²) in [4.78, 5) is 27.6. The first kappa shape index (κ1) is 16.6. The summed E-state index contributed by atoms with van der Waals surface area (Å²) in [5.41, 5.74) is 1.09. The van der Waals surface area contributed by atoms with Crippen LogP contribution in [0.1, 0.15) is 17.9 Å². The Morgan fingerprint density at radius 2 is 2.13 bits per heavy atom. The summed E-state index contributed by atoms with van der Waals surface area (Å²) in [5, 5.41) is 12.4. The van der Waals surface area contributed by atoms with Gasteiger partial charge in [0, 0.05) is 25.5 Å². The lowest BCUT2D eigenvalue weighted by Gasteiger charge is -2.13. The van der Waals surface area contributed by atoms with Gasteiger partial charge in [0.15, 0.2) is 0 Å². The van der Waals surface area contributed by atoms with Crippen molar-refractivity contribution in [2.24, 2.45) is 0 Å². The van der Waals surface area contributed by atoms with Gasteiger partial charge in [0.05, 0.1) is 0 Å². The molecular weight excluding hydrogens is 305 g/mol. The Hall–Kier alpha value is -2.77. The molecule has 0 fully saturated rings. The van der Waals surface area contributed by atoms with Crippen molar-refractivity contribution in [1.29, 1.82) is 0 Å². The fourth-order valence-corrected chi connectivity index (χ4v) is 1.95. The molecule has 0 saturated heterocycles. The predicted octanol–water partition coefficient (Wildman–Crippen LogP) is 1.66. The summed E-state index contributed by atoms with van der Waals surface area (Å²) in [6.45, 7) is 1.28. The number of carbonyl (C=O) groups is 2. The number of rotatable bonds is 6. The lowest BCUT2D eigenvalue weighted by Crippen LogP contribution is -2.32. The van der Waals surface area contributed by atoms with Crippen molar-refractivity contribution < 1.29 is 23.6 Å². The van der Waals surface area contributed by atoms with E-state index in [0.29, 0.717) is 17.0 Å². The van der Waals surface area contributed by atoms with Crippen LogP contribution < -0.4 is 0 Å².